The molecule has 0 aliphatic heterocycles. The van der Waals surface area contributed by atoms with Gasteiger partial charge < -0.3 is 10.4 Å². The van der Waals surface area contributed by atoms with E-state index in [0.717, 1.165) is 0 Å². The standard InChI is InChI=1S/C8H12N2O2/c1-6(2)7(12)10-8(3,4-9)5-11/h11H,1,5H2,2-3H3,(H,10,12). The van der Waals surface area contributed by atoms with Crippen LogP contribution in [0.1, 0.15) is 13.8 Å². The molecule has 1 amide bonds. The molecule has 2 N–H and O–H groups in total. The van der Waals surface area contributed by atoms with E-state index < -0.39 is 18.1 Å². The first-order valence-corrected chi connectivity index (χ1v) is 3.45. The first-order chi connectivity index (χ1) is 5.45. The van der Waals surface area contributed by atoms with E-state index in [1.54, 1.807) is 6.07 Å². The summed E-state index contributed by atoms with van der Waals surface area (Å²) in [5.74, 6) is -0.423. The Morgan fingerprint density at radius 3 is 2.58 bits per heavy atom. The monoisotopic (exact) mass is 168 g/mol. The Hall–Kier alpha value is -1.34. The van der Waals surface area contributed by atoms with Crippen molar-refractivity contribution >= 4 is 5.91 Å². The normalized spacial score (nSPS) is 14.2. The molecule has 0 heterocycles. The van der Waals surface area contributed by atoms with E-state index >= 15 is 0 Å². The summed E-state index contributed by atoms with van der Waals surface area (Å²) in [5.41, 5.74) is -0.902. The maximum Gasteiger partial charge on any atom is 0.247 e. The lowest BCUT2D eigenvalue weighted by atomic mass is 10.1. The fourth-order valence-electron chi connectivity index (χ4n) is 0.460. The molecule has 0 rings (SSSR count). The largest absolute Gasteiger partial charge is 0.393 e. The van der Waals surface area contributed by atoms with E-state index in [2.05, 4.69) is 11.9 Å². The second-order valence-electron chi connectivity index (χ2n) is 2.84. The molecule has 0 aromatic heterocycles. The Labute approximate surface area is 71.5 Å². The molecule has 4 heteroatoms. The zero-order valence-corrected chi connectivity index (χ0v) is 7.22. The van der Waals surface area contributed by atoms with Crippen molar-refractivity contribution in [2.75, 3.05) is 6.61 Å². The van der Waals surface area contributed by atoms with Crippen LogP contribution in [-0.4, -0.2) is 23.2 Å². The van der Waals surface area contributed by atoms with Crippen LogP contribution in [0.15, 0.2) is 12.2 Å². The molecular weight excluding hydrogens is 156 g/mol. The predicted molar refractivity (Wildman–Crippen MR) is 44.1 cm³/mol. The van der Waals surface area contributed by atoms with Crippen LogP contribution in [0.25, 0.3) is 0 Å². The third kappa shape index (κ3) is 2.72. The Bertz CT molecular complexity index is 242. The number of hydrogen-bond acceptors (Lipinski definition) is 3. The van der Waals surface area contributed by atoms with E-state index in [1.807, 2.05) is 0 Å². The van der Waals surface area contributed by atoms with Gasteiger partial charge in [0.15, 0.2) is 0 Å². The van der Waals surface area contributed by atoms with Gasteiger partial charge >= 0.3 is 0 Å². The molecule has 1 unspecified atom stereocenters. The number of rotatable bonds is 3. The first-order valence-electron chi connectivity index (χ1n) is 3.45. The molecule has 0 spiro atoms. The molecule has 0 aromatic carbocycles. The van der Waals surface area contributed by atoms with Crippen molar-refractivity contribution in [3.63, 3.8) is 0 Å². The number of aliphatic hydroxyl groups excluding tert-OH is 1. The quantitative estimate of drug-likeness (QED) is 0.580. The number of aliphatic hydroxyl groups is 1. The molecule has 1 atom stereocenters. The van der Waals surface area contributed by atoms with Crippen LogP contribution in [-0.2, 0) is 4.79 Å². The minimum Gasteiger partial charge on any atom is -0.393 e. The number of amides is 1. The highest BCUT2D eigenvalue weighted by Gasteiger charge is 2.24. The van der Waals surface area contributed by atoms with Crippen LogP contribution in [0.3, 0.4) is 0 Å². The maximum atomic E-state index is 11.0. The van der Waals surface area contributed by atoms with Crippen LogP contribution in [0.5, 0.6) is 0 Å². The number of nitrogens with one attached hydrogen (secondary N) is 1. The minimum absolute atomic E-state index is 0.310. The summed E-state index contributed by atoms with van der Waals surface area (Å²) in [7, 11) is 0. The SMILES string of the molecule is C=C(C)C(=O)NC(C)(C#N)CO. The molecule has 0 aliphatic rings. The minimum atomic E-state index is -1.21. The Morgan fingerprint density at radius 1 is 1.83 bits per heavy atom. The van der Waals surface area contributed by atoms with Crippen LogP contribution < -0.4 is 5.32 Å². The number of nitrogens with zero attached hydrogens (tertiary/aromatic N) is 1. The predicted octanol–water partition coefficient (Wildman–Crippen LogP) is -0.0467. The topological polar surface area (TPSA) is 73.1 Å². The van der Waals surface area contributed by atoms with Gasteiger partial charge in [0.1, 0.15) is 5.54 Å². The average Bonchev–Trinajstić information content (AvgIpc) is 2.04. The van der Waals surface area contributed by atoms with Crippen molar-refractivity contribution in [3.05, 3.63) is 12.2 Å². The summed E-state index contributed by atoms with van der Waals surface area (Å²) in [5, 5.41) is 19.7. The molecule has 0 aliphatic carbocycles. The van der Waals surface area contributed by atoms with Crippen molar-refractivity contribution in [2.24, 2.45) is 0 Å². The molecule has 0 aromatic rings. The van der Waals surface area contributed by atoms with Crippen molar-refractivity contribution in [3.8, 4) is 6.07 Å². The lowest BCUT2D eigenvalue weighted by Gasteiger charge is -2.19. The average molecular weight is 168 g/mol. The van der Waals surface area contributed by atoms with Gasteiger partial charge in [-0.15, -0.1) is 0 Å². The van der Waals surface area contributed by atoms with E-state index in [9.17, 15) is 4.79 Å². The third-order valence-electron chi connectivity index (χ3n) is 1.34. The molecule has 0 radical (unpaired) electrons. The third-order valence-corrected chi connectivity index (χ3v) is 1.34. The number of carbonyl (C=O) groups excluding carboxylic acids is 1. The van der Waals surface area contributed by atoms with Crippen LogP contribution in [0, 0.1) is 11.3 Å². The van der Waals surface area contributed by atoms with E-state index in [4.69, 9.17) is 10.4 Å². The Kier molecular flexibility index (Phi) is 3.45. The lowest BCUT2D eigenvalue weighted by Crippen LogP contribution is -2.47. The van der Waals surface area contributed by atoms with Crippen molar-refractivity contribution in [2.45, 2.75) is 19.4 Å². The van der Waals surface area contributed by atoms with Crippen molar-refractivity contribution < 1.29 is 9.90 Å². The van der Waals surface area contributed by atoms with E-state index in [-0.39, 0.29) is 0 Å². The molecular formula is C8H12N2O2. The van der Waals surface area contributed by atoms with Gasteiger partial charge in [0.25, 0.3) is 0 Å². The Morgan fingerprint density at radius 2 is 2.33 bits per heavy atom. The summed E-state index contributed by atoms with van der Waals surface area (Å²) in [6.07, 6.45) is 0. The summed E-state index contributed by atoms with van der Waals surface area (Å²) in [6, 6.07) is 1.79. The van der Waals surface area contributed by atoms with Gasteiger partial charge in [-0.3, -0.25) is 4.79 Å². The molecule has 66 valence electrons. The highest BCUT2D eigenvalue weighted by atomic mass is 16.3. The smallest absolute Gasteiger partial charge is 0.247 e. The van der Waals surface area contributed by atoms with Gasteiger partial charge in [-0.2, -0.15) is 5.26 Å². The molecule has 12 heavy (non-hydrogen) atoms. The lowest BCUT2D eigenvalue weighted by molar-refractivity contribution is -0.119. The summed E-state index contributed by atoms with van der Waals surface area (Å²) >= 11 is 0. The molecule has 0 saturated heterocycles. The number of carbonyl (C=O) groups is 1. The maximum absolute atomic E-state index is 11.0. The summed E-state index contributed by atoms with van der Waals surface area (Å²) < 4.78 is 0. The zero-order chi connectivity index (χ0) is 9.78. The first kappa shape index (κ1) is 10.7. The molecule has 0 saturated carbocycles. The summed E-state index contributed by atoms with van der Waals surface area (Å²) in [4.78, 5) is 11.0. The van der Waals surface area contributed by atoms with Crippen LogP contribution in [0.4, 0.5) is 0 Å². The second kappa shape index (κ2) is 3.88. The molecule has 4 nitrogen and oxygen atoms in total. The fourth-order valence-corrected chi connectivity index (χ4v) is 0.460. The van der Waals surface area contributed by atoms with Gasteiger partial charge in [-0.1, -0.05) is 6.58 Å². The van der Waals surface area contributed by atoms with Gasteiger partial charge in [0.05, 0.1) is 12.7 Å². The summed E-state index contributed by atoms with van der Waals surface area (Å²) in [6.45, 7) is 5.96. The van der Waals surface area contributed by atoms with E-state index in [1.165, 1.54) is 13.8 Å². The van der Waals surface area contributed by atoms with Crippen LogP contribution in [0.2, 0.25) is 0 Å². The van der Waals surface area contributed by atoms with Gasteiger partial charge in [0.2, 0.25) is 5.91 Å². The highest BCUT2D eigenvalue weighted by molar-refractivity contribution is 5.92. The number of hydrogen-bond donors (Lipinski definition) is 2. The fraction of sp³-hybridized carbons (Fsp3) is 0.500. The second-order valence-corrected chi connectivity index (χ2v) is 2.84. The van der Waals surface area contributed by atoms with Gasteiger partial charge in [-0.25, -0.2) is 0 Å². The van der Waals surface area contributed by atoms with E-state index in [0.29, 0.717) is 5.57 Å². The number of nitriles is 1. The Balaban J connectivity index is 4.34. The van der Waals surface area contributed by atoms with Gasteiger partial charge in [-0.05, 0) is 13.8 Å². The van der Waals surface area contributed by atoms with Crippen molar-refractivity contribution in [1.82, 2.24) is 5.32 Å². The molecule has 0 fully saturated rings. The van der Waals surface area contributed by atoms with Crippen LogP contribution >= 0.6 is 0 Å². The van der Waals surface area contributed by atoms with Gasteiger partial charge in [0, 0.05) is 5.57 Å². The zero-order valence-electron chi connectivity index (χ0n) is 7.22. The highest BCUT2D eigenvalue weighted by Crippen LogP contribution is 2.01. The van der Waals surface area contributed by atoms with Crippen molar-refractivity contribution in [1.29, 1.82) is 5.26 Å². The molecule has 0 bridgehead atoms.